The first-order valence-electron chi connectivity index (χ1n) is 7.07. The molecule has 0 spiro atoms. The summed E-state index contributed by atoms with van der Waals surface area (Å²) in [7, 11) is 0. The van der Waals surface area contributed by atoms with E-state index in [1.165, 1.54) is 6.07 Å². The summed E-state index contributed by atoms with van der Waals surface area (Å²) in [4.78, 5) is 0. The predicted octanol–water partition coefficient (Wildman–Crippen LogP) is 3.14. The Kier molecular flexibility index (Phi) is 5.35. The molecule has 0 fully saturated rings. The second-order valence-electron chi connectivity index (χ2n) is 5.23. The molecule has 0 aliphatic carbocycles. The number of hydrogen-bond acceptors (Lipinski definition) is 4. The van der Waals surface area contributed by atoms with Crippen LogP contribution < -0.4 is 15.2 Å². The molecule has 22 heavy (non-hydrogen) atoms. The van der Waals surface area contributed by atoms with Gasteiger partial charge < -0.3 is 20.3 Å². The molecule has 3 N–H and O–H groups in total. The second kappa shape index (κ2) is 7.24. The van der Waals surface area contributed by atoms with E-state index in [1.807, 2.05) is 13.8 Å². The molecule has 2 aromatic carbocycles. The van der Waals surface area contributed by atoms with Crippen molar-refractivity contribution in [3.63, 3.8) is 0 Å². The maximum absolute atomic E-state index is 13.6. The molecule has 0 radical (unpaired) electrons. The number of halogens is 1. The first-order valence-corrected chi connectivity index (χ1v) is 7.07. The van der Waals surface area contributed by atoms with Crippen LogP contribution in [0, 0.1) is 5.82 Å². The van der Waals surface area contributed by atoms with Gasteiger partial charge in [-0.1, -0.05) is 18.2 Å². The van der Waals surface area contributed by atoms with Gasteiger partial charge in [0.1, 0.15) is 30.2 Å². The number of hydrogen-bond donors (Lipinski definition) is 2. The fourth-order valence-corrected chi connectivity index (χ4v) is 1.96. The number of rotatable bonds is 6. The Morgan fingerprint density at radius 1 is 1.14 bits per heavy atom. The molecule has 0 aliphatic rings. The Labute approximate surface area is 129 Å². The Hall–Kier alpha value is -2.11. The summed E-state index contributed by atoms with van der Waals surface area (Å²) >= 11 is 0. The fraction of sp³-hybridized carbons (Fsp3) is 0.294. The van der Waals surface area contributed by atoms with Crippen LogP contribution in [0.1, 0.15) is 31.2 Å². The summed E-state index contributed by atoms with van der Waals surface area (Å²) in [5.41, 5.74) is 6.42. The lowest BCUT2D eigenvalue weighted by Crippen LogP contribution is -2.11. The Morgan fingerprint density at radius 3 is 2.45 bits per heavy atom. The molecule has 0 aliphatic heterocycles. The zero-order valence-corrected chi connectivity index (χ0v) is 12.6. The molecule has 0 saturated carbocycles. The number of benzene rings is 2. The van der Waals surface area contributed by atoms with Gasteiger partial charge in [-0.15, -0.1) is 0 Å². The third-order valence-electron chi connectivity index (χ3n) is 2.97. The molecule has 0 amide bonds. The highest BCUT2D eigenvalue weighted by Crippen LogP contribution is 2.27. The van der Waals surface area contributed by atoms with E-state index >= 15 is 0 Å². The largest absolute Gasteiger partial charge is 0.491 e. The third-order valence-corrected chi connectivity index (χ3v) is 2.97. The van der Waals surface area contributed by atoms with Crippen LogP contribution in [0.4, 0.5) is 4.39 Å². The summed E-state index contributed by atoms with van der Waals surface area (Å²) < 4.78 is 24.8. The van der Waals surface area contributed by atoms with Gasteiger partial charge in [0.2, 0.25) is 0 Å². The van der Waals surface area contributed by atoms with Gasteiger partial charge in [0.25, 0.3) is 0 Å². The van der Waals surface area contributed by atoms with Crippen LogP contribution >= 0.6 is 0 Å². The molecular weight excluding hydrogens is 285 g/mol. The van der Waals surface area contributed by atoms with Crippen LogP contribution in [0.3, 0.4) is 0 Å². The maximum Gasteiger partial charge on any atom is 0.129 e. The van der Waals surface area contributed by atoms with Crippen LogP contribution in [0.25, 0.3) is 0 Å². The third kappa shape index (κ3) is 4.44. The summed E-state index contributed by atoms with van der Waals surface area (Å²) in [6.07, 6.45) is -1.16. The molecule has 0 heterocycles. The first kappa shape index (κ1) is 16.3. The van der Waals surface area contributed by atoms with E-state index in [9.17, 15) is 9.50 Å². The van der Waals surface area contributed by atoms with Crippen LogP contribution in [0.5, 0.6) is 11.5 Å². The lowest BCUT2D eigenvalue weighted by molar-refractivity contribution is 0.183. The smallest absolute Gasteiger partial charge is 0.129 e. The lowest BCUT2D eigenvalue weighted by Gasteiger charge is -2.15. The molecule has 0 saturated heterocycles. The SMILES string of the molecule is CC(C)Oc1cc(OCc2ccccc2F)cc(C(N)O)c1. The van der Waals surface area contributed by atoms with Crippen molar-refractivity contribution in [1.29, 1.82) is 0 Å². The highest BCUT2D eigenvalue weighted by molar-refractivity contribution is 5.39. The van der Waals surface area contributed by atoms with E-state index in [0.717, 1.165) is 0 Å². The van der Waals surface area contributed by atoms with Gasteiger partial charge in [0, 0.05) is 17.2 Å². The molecule has 2 rings (SSSR count). The number of aliphatic hydroxyl groups excluding tert-OH is 1. The van der Waals surface area contributed by atoms with Gasteiger partial charge in [-0.05, 0) is 32.0 Å². The Bertz CT molecular complexity index is 629. The van der Waals surface area contributed by atoms with Crippen molar-refractivity contribution in [2.75, 3.05) is 0 Å². The molecule has 118 valence electrons. The van der Waals surface area contributed by atoms with E-state index < -0.39 is 6.23 Å². The van der Waals surface area contributed by atoms with E-state index in [2.05, 4.69) is 0 Å². The second-order valence-corrected chi connectivity index (χ2v) is 5.23. The standard InChI is InChI=1S/C17H20FNO3/c1-11(2)22-15-8-13(17(19)20)7-14(9-15)21-10-12-5-3-4-6-16(12)18/h3-9,11,17,20H,10,19H2,1-2H3. The summed E-state index contributed by atoms with van der Waals surface area (Å²) in [6, 6.07) is 11.4. The average Bonchev–Trinajstić information content (AvgIpc) is 2.45. The maximum atomic E-state index is 13.6. The zero-order chi connectivity index (χ0) is 16.1. The molecule has 0 bridgehead atoms. The Morgan fingerprint density at radius 2 is 1.82 bits per heavy atom. The molecule has 2 aromatic rings. The highest BCUT2D eigenvalue weighted by Gasteiger charge is 2.10. The monoisotopic (exact) mass is 305 g/mol. The molecule has 4 nitrogen and oxygen atoms in total. The molecular formula is C17H20FNO3. The molecule has 1 unspecified atom stereocenters. The summed E-state index contributed by atoms with van der Waals surface area (Å²) in [6.45, 7) is 3.87. The average molecular weight is 305 g/mol. The lowest BCUT2D eigenvalue weighted by atomic mass is 10.1. The summed E-state index contributed by atoms with van der Waals surface area (Å²) in [5, 5.41) is 9.54. The van der Waals surface area contributed by atoms with Crippen molar-refractivity contribution in [1.82, 2.24) is 0 Å². The van der Waals surface area contributed by atoms with Crippen LogP contribution in [0.2, 0.25) is 0 Å². The molecule has 0 aromatic heterocycles. The van der Waals surface area contributed by atoms with Gasteiger partial charge in [0.05, 0.1) is 6.10 Å². The fourth-order valence-electron chi connectivity index (χ4n) is 1.96. The zero-order valence-electron chi connectivity index (χ0n) is 12.6. The minimum absolute atomic E-state index is 0.0235. The number of ether oxygens (including phenoxy) is 2. The summed E-state index contributed by atoms with van der Waals surface area (Å²) in [5.74, 6) is 0.678. The van der Waals surface area contributed by atoms with E-state index in [1.54, 1.807) is 36.4 Å². The normalized spacial score (nSPS) is 12.3. The van der Waals surface area contributed by atoms with Crippen molar-refractivity contribution in [3.8, 4) is 11.5 Å². The van der Waals surface area contributed by atoms with Crippen molar-refractivity contribution < 1.29 is 19.0 Å². The topological polar surface area (TPSA) is 64.7 Å². The van der Waals surface area contributed by atoms with Gasteiger partial charge in [-0.3, -0.25) is 0 Å². The molecule has 1 atom stereocenters. The minimum Gasteiger partial charge on any atom is -0.491 e. The van der Waals surface area contributed by atoms with Crippen molar-refractivity contribution >= 4 is 0 Å². The highest BCUT2D eigenvalue weighted by atomic mass is 19.1. The van der Waals surface area contributed by atoms with Gasteiger partial charge in [0.15, 0.2) is 0 Å². The van der Waals surface area contributed by atoms with Crippen molar-refractivity contribution in [2.24, 2.45) is 5.73 Å². The van der Waals surface area contributed by atoms with E-state index in [4.69, 9.17) is 15.2 Å². The van der Waals surface area contributed by atoms with Gasteiger partial charge in [-0.2, -0.15) is 0 Å². The van der Waals surface area contributed by atoms with Crippen molar-refractivity contribution in [2.45, 2.75) is 32.8 Å². The van der Waals surface area contributed by atoms with Crippen LogP contribution in [-0.4, -0.2) is 11.2 Å². The van der Waals surface area contributed by atoms with Gasteiger partial charge >= 0.3 is 0 Å². The van der Waals surface area contributed by atoms with Crippen LogP contribution in [-0.2, 0) is 6.61 Å². The van der Waals surface area contributed by atoms with E-state index in [-0.39, 0.29) is 18.5 Å². The Balaban J connectivity index is 2.18. The van der Waals surface area contributed by atoms with Crippen molar-refractivity contribution in [3.05, 3.63) is 59.4 Å². The quantitative estimate of drug-likeness (QED) is 0.805. The number of nitrogens with two attached hydrogens (primary N) is 1. The van der Waals surface area contributed by atoms with Gasteiger partial charge in [-0.25, -0.2) is 4.39 Å². The predicted molar refractivity (Wildman–Crippen MR) is 82.1 cm³/mol. The van der Waals surface area contributed by atoms with E-state index in [0.29, 0.717) is 22.6 Å². The molecule has 5 heteroatoms. The minimum atomic E-state index is -1.13. The first-order chi connectivity index (χ1) is 10.5. The number of aliphatic hydroxyl groups is 1. The van der Waals surface area contributed by atoms with Crippen LogP contribution in [0.15, 0.2) is 42.5 Å².